The van der Waals surface area contributed by atoms with E-state index in [1.54, 1.807) is 10.7 Å². The number of rotatable bonds is 5. The number of nitrogens with one attached hydrogen (secondary N) is 1. The van der Waals surface area contributed by atoms with Crippen LogP contribution in [0.15, 0.2) is 30.3 Å². The predicted molar refractivity (Wildman–Crippen MR) is 119 cm³/mol. The molecular formula is C20H17N5O4S2. The van der Waals surface area contributed by atoms with Crippen LogP contribution >= 0.6 is 22.7 Å². The Balaban J connectivity index is 1.60. The van der Waals surface area contributed by atoms with Gasteiger partial charge in [0.2, 0.25) is 11.0 Å². The molecular weight excluding hydrogens is 438 g/mol. The predicted octanol–water partition coefficient (Wildman–Crippen LogP) is 4.63. The number of benzene rings is 1. The molecule has 3 aromatic heterocycles. The molecule has 1 atom stereocenters. The number of anilines is 1. The number of carbonyl (C=O) groups excluding carboxylic acids is 1. The molecule has 1 aliphatic heterocycles. The second kappa shape index (κ2) is 7.43. The third-order valence-corrected chi connectivity index (χ3v) is 7.22. The van der Waals surface area contributed by atoms with Gasteiger partial charge in [0.05, 0.1) is 27.4 Å². The maximum atomic E-state index is 12.5. The van der Waals surface area contributed by atoms with Crippen LogP contribution in [0.4, 0.5) is 10.8 Å². The zero-order chi connectivity index (χ0) is 21.7. The first kappa shape index (κ1) is 19.6. The summed E-state index contributed by atoms with van der Waals surface area (Å²) in [4.78, 5) is 28.7. The van der Waals surface area contributed by atoms with Crippen LogP contribution in [0.5, 0.6) is 5.75 Å². The maximum absolute atomic E-state index is 12.5. The van der Waals surface area contributed by atoms with Crippen molar-refractivity contribution in [2.75, 3.05) is 11.9 Å². The standard InChI is InChI=1S/C20H17N5O4S2/c1-3-29-11-4-5-13-15(8-11)31-20(21-13)24-19-18(10(2)23-24)12(9-16(26)22-19)14-6-7-17(30-14)25(27)28/h4-8,12H,3,9H2,1-2H3,(H,22,26)/t12-/m1/s1. The molecule has 0 spiro atoms. The largest absolute Gasteiger partial charge is 0.494 e. The van der Waals surface area contributed by atoms with Gasteiger partial charge in [0.1, 0.15) is 11.6 Å². The molecule has 4 heterocycles. The number of aryl methyl sites for hydroxylation is 1. The van der Waals surface area contributed by atoms with E-state index in [1.807, 2.05) is 32.0 Å². The van der Waals surface area contributed by atoms with Crippen LogP contribution in [-0.4, -0.2) is 32.2 Å². The molecule has 1 aromatic carbocycles. The first-order valence-corrected chi connectivity index (χ1v) is 11.2. The minimum absolute atomic E-state index is 0.0591. The molecule has 11 heteroatoms. The van der Waals surface area contributed by atoms with E-state index in [2.05, 4.69) is 15.4 Å². The molecule has 0 fully saturated rings. The van der Waals surface area contributed by atoms with E-state index in [9.17, 15) is 14.9 Å². The lowest BCUT2D eigenvalue weighted by molar-refractivity contribution is -0.380. The van der Waals surface area contributed by atoms with E-state index in [4.69, 9.17) is 4.74 Å². The highest BCUT2D eigenvalue weighted by atomic mass is 32.1. The first-order valence-electron chi connectivity index (χ1n) is 9.62. The number of hydrogen-bond acceptors (Lipinski definition) is 8. The van der Waals surface area contributed by atoms with Gasteiger partial charge < -0.3 is 10.1 Å². The monoisotopic (exact) mass is 455 g/mol. The van der Waals surface area contributed by atoms with Gasteiger partial charge in [-0.25, -0.2) is 4.98 Å². The number of hydrogen-bond donors (Lipinski definition) is 1. The van der Waals surface area contributed by atoms with Gasteiger partial charge in [-0.1, -0.05) is 22.7 Å². The van der Waals surface area contributed by atoms with Crippen LogP contribution in [0, 0.1) is 17.0 Å². The Morgan fingerprint density at radius 1 is 1.32 bits per heavy atom. The number of nitrogens with zero attached hydrogens (tertiary/aromatic N) is 4. The second-order valence-corrected chi connectivity index (χ2v) is 9.16. The van der Waals surface area contributed by atoms with Crippen molar-refractivity contribution in [3.63, 3.8) is 0 Å². The number of thiazole rings is 1. The fraction of sp³-hybridized carbons (Fsp3) is 0.250. The molecule has 9 nitrogen and oxygen atoms in total. The van der Waals surface area contributed by atoms with Crippen LogP contribution in [0.25, 0.3) is 15.3 Å². The van der Waals surface area contributed by atoms with Crippen molar-refractivity contribution < 1.29 is 14.5 Å². The normalized spacial score (nSPS) is 15.7. The van der Waals surface area contributed by atoms with Crippen LogP contribution < -0.4 is 10.1 Å². The molecule has 0 unspecified atom stereocenters. The summed E-state index contributed by atoms with van der Waals surface area (Å²) in [6.07, 6.45) is 0.217. The summed E-state index contributed by atoms with van der Waals surface area (Å²) in [5, 5.41) is 19.4. The molecule has 158 valence electrons. The number of ether oxygens (including phenoxy) is 1. The molecule has 0 saturated heterocycles. The summed E-state index contributed by atoms with van der Waals surface area (Å²) in [6, 6.07) is 8.92. The number of carbonyl (C=O) groups is 1. The van der Waals surface area contributed by atoms with E-state index in [-0.39, 0.29) is 23.2 Å². The lowest BCUT2D eigenvalue weighted by Gasteiger charge is -2.22. The Kier molecular flexibility index (Phi) is 4.71. The lowest BCUT2D eigenvalue weighted by atomic mass is 9.91. The molecule has 1 aliphatic rings. The third-order valence-electron chi connectivity index (χ3n) is 5.08. The van der Waals surface area contributed by atoms with E-state index in [0.29, 0.717) is 17.6 Å². The number of thiophene rings is 1. The lowest BCUT2D eigenvalue weighted by Crippen LogP contribution is -2.24. The average Bonchev–Trinajstić information content (AvgIpc) is 3.44. The van der Waals surface area contributed by atoms with Gasteiger partial charge in [-0.2, -0.15) is 9.78 Å². The smallest absolute Gasteiger partial charge is 0.324 e. The fourth-order valence-corrected chi connectivity index (χ4v) is 5.68. The summed E-state index contributed by atoms with van der Waals surface area (Å²) >= 11 is 2.55. The molecule has 0 aliphatic carbocycles. The first-order chi connectivity index (χ1) is 14.9. The van der Waals surface area contributed by atoms with E-state index in [0.717, 1.165) is 43.4 Å². The summed E-state index contributed by atoms with van der Waals surface area (Å²) < 4.78 is 8.18. The van der Waals surface area contributed by atoms with Crippen molar-refractivity contribution in [1.82, 2.24) is 14.8 Å². The Morgan fingerprint density at radius 3 is 2.90 bits per heavy atom. The van der Waals surface area contributed by atoms with Gasteiger partial charge in [0.25, 0.3) is 0 Å². The molecule has 0 radical (unpaired) electrons. The van der Waals surface area contributed by atoms with Gasteiger partial charge in [-0.05, 0) is 38.1 Å². The Labute approximate surface area is 184 Å². The minimum Gasteiger partial charge on any atom is -0.494 e. The van der Waals surface area contributed by atoms with Crippen molar-refractivity contribution in [2.24, 2.45) is 0 Å². The molecule has 5 rings (SSSR count). The van der Waals surface area contributed by atoms with Gasteiger partial charge in [0.15, 0.2) is 0 Å². The van der Waals surface area contributed by atoms with Crippen LogP contribution in [0.3, 0.4) is 0 Å². The summed E-state index contributed by atoms with van der Waals surface area (Å²) in [7, 11) is 0. The molecule has 1 amide bonds. The number of aromatic nitrogens is 3. The summed E-state index contributed by atoms with van der Waals surface area (Å²) in [5.41, 5.74) is 2.44. The van der Waals surface area contributed by atoms with Crippen molar-refractivity contribution in [3.8, 4) is 10.9 Å². The van der Waals surface area contributed by atoms with Gasteiger partial charge in [0, 0.05) is 28.8 Å². The van der Waals surface area contributed by atoms with E-state index in [1.165, 1.54) is 17.4 Å². The van der Waals surface area contributed by atoms with Crippen molar-refractivity contribution in [3.05, 3.63) is 56.6 Å². The average molecular weight is 456 g/mol. The highest BCUT2D eigenvalue weighted by molar-refractivity contribution is 7.20. The zero-order valence-corrected chi connectivity index (χ0v) is 18.2. The van der Waals surface area contributed by atoms with Gasteiger partial charge in [-0.3, -0.25) is 14.9 Å². The van der Waals surface area contributed by atoms with Crippen molar-refractivity contribution >= 4 is 49.6 Å². The molecule has 1 N–H and O–H groups in total. The third kappa shape index (κ3) is 3.35. The zero-order valence-electron chi connectivity index (χ0n) is 16.6. The SMILES string of the molecule is CCOc1ccc2nc(-n3nc(C)c4c3NC(=O)C[C@@H]4c3ccc([N+](=O)[O-])s3)sc2c1. The minimum atomic E-state index is -0.411. The molecule has 4 aromatic rings. The van der Waals surface area contributed by atoms with Crippen LogP contribution in [-0.2, 0) is 4.79 Å². The van der Waals surface area contributed by atoms with E-state index >= 15 is 0 Å². The summed E-state index contributed by atoms with van der Waals surface area (Å²) in [6.45, 7) is 4.39. The van der Waals surface area contributed by atoms with Crippen LogP contribution in [0.1, 0.15) is 35.4 Å². The molecule has 0 bridgehead atoms. The fourth-order valence-electron chi connectivity index (χ4n) is 3.80. The highest BCUT2D eigenvalue weighted by Gasteiger charge is 2.34. The number of amides is 1. The van der Waals surface area contributed by atoms with Crippen molar-refractivity contribution in [2.45, 2.75) is 26.2 Å². The quantitative estimate of drug-likeness (QED) is 0.347. The number of fused-ring (bicyclic) bond motifs is 2. The number of nitro groups is 1. The Morgan fingerprint density at radius 2 is 2.16 bits per heavy atom. The Bertz CT molecular complexity index is 1340. The highest BCUT2D eigenvalue weighted by Crippen LogP contribution is 2.44. The van der Waals surface area contributed by atoms with E-state index < -0.39 is 4.92 Å². The van der Waals surface area contributed by atoms with Gasteiger partial charge in [-0.15, -0.1) is 0 Å². The molecule has 31 heavy (non-hydrogen) atoms. The van der Waals surface area contributed by atoms with Gasteiger partial charge >= 0.3 is 5.00 Å². The molecule has 0 saturated carbocycles. The second-order valence-electron chi connectivity index (χ2n) is 7.06. The van der Waals surface area contributed by atoms with Crippen molar-refractivity contribution in [1.29, 1.82) is 0 Å². The van der Waals surface area contributed by atoms with Crippen LogP contribution in [0.2, 0.25) is 0 Å². The maximum Gasteiger partial charge on any atom is 0.324 e. The topological polar surface area (TPSA) is 112 Å². The Hall–Kier alpha value is -3.31. The summed E-state index contributed by atoms with van der Waals surface area (Å²) in [5.74, 6) is 0.903.